The van der Waals surface area contributed by atoms with Crippen LogP contribution >= 0.6 is 11.3 Å². The fraction of sp³-hybridized carbons (Fsp3) is 0.176. The third-order valence-electron chi connectivity index (χ3n) is 3.98. The van der Waals surface area contributed by atoms with Crippen LogP contribution in [0.4, 0.5) is 0 Å². The first-order valence-corrected chi connectivity index (χ1v) is 7.93. The van der Waals surface area contributed by atoms with Gasteiger partial charge in [0.2, 0.25) is 0 Å². The molecule has 21 heavy (non-hydrogen) atoms. The maximum Gasteiger partial charge on any atom is 0.116 e. The van der Waals surface area contributed by atoms with Crippen LogP contribution in [0.5, 0.6) is 0 Å². The summed E-state index contributed by atoms with van der Waals surface area (Å²) in [6.07, 6.45) is 2.90. The summed E-state index contributed by atoms with van der Waals surface area (Å²) < 4.78 is 3.29. The van der Waals surface area contributed by atoms with Crippen LogP contribution in [0.2, 0.25) is 0 Å². The van der Waals surface area contributed by atoms with Crippen LogP contribution in [0.3, 0.4) is 0 Å². The zero-order chi connectivity index (χ0) is 14.4. The molecule has 2 heterocycles. The largest absolute Gasteiger partial charge is 0.333 e. The van der Waals surface area contributed by atoms with Gasteiger partial charge in [-0.2, -0.15) is 0 Å². The minimum absolute atomic E-state index is 0.997. The summed E-state index contributed by atoms with van der Waals surface area (Å²) in [5.41, 5.74) is 8.97. The molecule has 4 heteroatoms. The smallest absolute Gasteiger partial charge is 0.116 e. The van der Waals surface area contributed by atoms with Crippen LogP contribution in [-0.2, 0) is 13.5 Å². The average molecular weight is 293 g/mol. The van der Waals surface area contributed by atoms with E-state index in [-0.39, 0.29) is 0 Å². The summed E-state index contributed by atoms with van der Waals surface area (Å²) in [6.45, 7) is 2.20. The summed E-state index contributed by atoms with van der Waals surface area (Å²) in [5.74, 6) is 0. The Bertz CT molecular complexity index is 949. The molecule has 2 aromatic carbocycles. The van der Waals surface area contributed by atoms with Crippen molar-refractivity contribution in [3.8, 4) is 11.1 Å². The van der Waals surface area contributed by atoms with Gasteiger partial charge in [0.15, 0.2) is 0 Å². The molecule has 0 aliphatic rings. The van der Waals surface area contributed by atoms with Gasteiger partial charge < -0.3 is 4.57 Å². The van der Waals surface area contributed by atoms with E-state index >= 15 is 0 Å². The van der Waals surface area contributed by atoms with E-state index in [1.54, 1.807) is 11.3 Å². The normalized spacial score (nSPS) is 11.5. The van der Waals surface area contributed by atoms with Crippen molar-refractivity contribution in [2.75, 3.05) is 0 Å². The number of aryl methyl sites for hydroxylation is 2. The number of benzene rings is 2. The SMILES string of the molecule is CCc1ccccc1-c1cc2scnc2c2ncn(C)c12. The molecule has 3 nitrogen and oxygen atoms in total. The number of imidazole rings is 1. The van der Waals surface area contributed by atoms with Crippen molar-refractivity contribution in [1.29, 1.82) is 0 Å². The lowest BCUT2D eigenvalue weighted by atomic mass is 9.97. The Morgan fingerprint density at radius 3 is 2.81 bits per heavy atom. The van der Waals surface area contributed by atoms with Crippen LogP contribution in [-0.4, -0.2) is 14.5 Å². The second-order valence-electron chi connectivity index (χ2n) is 5.19. The molecule has 0 amide bonds. The molecule has 0 N–H and O–H groups in total. The highest BCUT2D eigenvalue weighted by Crippen LogP contribution is 2.36. The molecule has 0 aliphatic heterocycles. The predicted octanol–water partition coefficient (Wildman–Crippen LogP) is 4.41. The van der Waals surface area contributed by atoms with Gasteiger partial charge in [0, 0.05) is 12.6 Å². The molecule has 0 atom stereocenters. The molecule has 0 bridgehead atoms. The average Bonchev–Trinajstić information content (AvgIpc) is 3.13. The number of hydrogen-bond acceptors (Lipinski definition) is 3. The number of nitrogens with zero attached hydrogens (tertiary/aromatic N) is 3. The van der Waals surface area contributed by atoms with Crippen molar-refractivity contribution in [1.82, 2.24) is 14.5 Å². The lowest BCUT2D eigenvalue weighted by molar-refractivity contribution is 0.948. The van der Waals surface area contributed by atoms with E-state index in [0.29, 0.717) is 0 Å². The van der Waals surface area contributed by atoms with Gasteiger partial charge in [0.25, 0.3) is 0 Å². The number of aromatic nitrogens is 3. The fourth-order valence-corrected chi connectivity index (χ4v) is 3.67. The van der Waals surface area contributed by atoms with Gasteiger partial charge in [-0.25, -0.2) is 9.97 Å². The zero-order valence-electron chi connectivity index (χ0n) is 12.0. The Kier molecular flexibility index (Phi) is 2.79. The van der Waals surface area contributed by atoms with Gasteiger partial charge in [0.1, 0.15) is 11.0 Å². The monoisotopic (exact) mass is 293 g/mol. The van der Waals surface area contributed by atoms with Crippen molar-refractivity contribution < 1.29 is 0 Å². The van der Waals surface area contributed by atoms with E-state index in [2.05, 4.69) is 51.8 Å². The van der Waals surface area contributed by atoms with E-state index in [0.717, 1.165) is 23.0 Å². The lowest BCUT2D eigenvalue weighted by Gasteiger charge is -2.10. The Morgan fingerprint density at radius 1 is 1.10 bits per heavy atom. The minimum Gasteiger partial charge on any atom is -0.333 e. The quantitative estimate of drug-likeness (QED) is 0.548. The molecule has 0 aliphatic carbocycles. The van der Waals surface area contributed by atoms with E-state index in [4.69, 9.17) is 0 Å². The summed E-state index contributed by atoms with van der Waals surface area (Å²) >= 11 is 1.67. The van der Waals surface area contributed by atoms with E-state index in [9.17, 15) is 0 Å². The van der Waals surface area contributed by atoms with Gasteiger partial charge in [-0.3, -0.25) is 0 Å². The highest BCUT2D eigenvalue weighted by atomic mass is 32.1. The first kappa shape index (κ1) is 12.5. The Balaban J connectivity index is 2.17. The van der Waals surface area contributed by atoms with Gasteiger partial charge in [-0.1, -0.05) is 31.2 Å². The molecule has 4 rings (SSSR count). The van der Waals surface area contributed by atoms with Crippen LogP contribution in [0.25, 0.3) is 32.4 Å². The highest BCUT2D eigenvalue weighted by molar-refractivity contribution is 7.16. The molecule has 104 valence electrons. The maximum atomic E-state index is 4.57. The maximum absolute atomic E-state index is 4.57. The molecule has 0 fully saturated rings. The standard InChI is InChI=1S/C17H15N3S/c1-3-11-6-4-5-7-12(11)13-8-14-15(19-10-21-14)16-17(13)20(2)9-18-16/h4-10H,3H2,1-2H3. The third-order valence-corrected chi connectivity index (χ3v) is 4.75. The molecule has 4 aromatic rings. The lowest BCUT2D eigenvalue weighted by Crippen LogP contribution is -1.92. The van der Waals surface area contributed by atoms with Crippen LogP contribution in [0.1, 0.15) is 12.5 Å². The van der Waals surface area contributed by atoms with Crippen LogP contribution in [0, 0.1) is 0 Å². The van der Waals surface area contributed by atoms with Gasteiger partial charge >= 0.3 is 0 Å². The molecule has 0 saturated carbocycles. The fourth-order valence-electron chi connectivity index (χ4n) is 2.95. The zero-order valence-corrected chi connectivity index (χ0v) is 12.8. The van der Waals surface area contributed by atoms with Gasteiger partial charge in [0.05, 0.1) is 22.1 Å². The summed E-state index contributed by atoms with van der Waals surface area (Å²) in [4.78, 5) is 9.05. The predicted molar refractivity (Wildman–Crippen MR) is 88.7 cm³/mol. The van der Waals surface area contributed by atoms with Crippen molar-refractivity contribution in [3.05, 3.63) is 47.7 Å². The molecule has 0 saturated heterocycles. The number of fused-ring (bicyclic) bond motifs is 3. The number of rotatable bonds is 2. The van der Waals surface area contributed by atoms with Crippen molar-refractivity contribution in [2.45, 2.75) is 13.3 Å². The Morgan fingerprint density at radius 2 is 1.95 bits per heavy atom. The number of thiazole rings is 1. The highest BCUT2D eigenvalue weighted by Gasteiger charge is 2.15. The van der Waals surface area contributed by atoms with Crippen LogP contribution < -0.4 is 0 Å². The van der Waals surface area contributed by atoms with E-state index in [1.165, 1.54) is 21.4 Å². The second-order valence-corrected chi connectivity index (χ2v) is 6.07. The summed E-state index contributed by atoms with van der Waals surface area (Å²) in [7, 11) is 2.05. The third kappa shape index (κ3) is 1.79. The molecular weight excluding hydrogens is 278 g/mol. The second kappa shape index (κ2) is 4.67. The van der Waals surface area contributed by atoms with Crippen molar-refractivity contribution in [2.24, 2.45) is 7.05 Å². The van der Waals surface area contributed by atoms with E-state index in [1.807, 2.05) is 18.9 Å². The molecule has 0 radical (unpaired) electrons. The molecule has 0 spiro atoms. The van der Waals surface area contributed by atoms with Gasteiger partial charge in [-0.05, 0) is 23.6 Å². The summed E-state index contributed by atoms with van der Waals surface area (Å²) in [6, 6.07) is 10.9. The number of hydrogen-bond donors (Lipinski definition) is 0. The minimum atomic E-state index is 0.997. The van der Waals surface area contributed by atoms with Crippen molar-refractivity contribution >= 4 is 32.6 Å². The molecule has 0 unspecified atom stereocenters. The first-order chi connectivity index (χ1) is 10.3. The van der Waals surface area contributed by atoms with Gasteiger partial charge in [-0.15, -0.1) is 11.3 Å². The molecule has 2 aromatic heterocycles. The summed E-state index contributed by atoms with van der Waals surface area (Å²) in [5, 5.41) is 0. The van der Waals surface area contributed by atoms with Crippen molar-refractivity contribution in [3.63, 3.8) is 0 Å². The Hall–Kier alpha value is -2.20. The molecular formula is C17H15N3S. The van der Waals surface area contributed by atoms with Crippen LogP contribution in [0.15, 0.2) is 42.2 Å². The van der Waals surface area contributed by atoms with E-state index < -0.39 is 0 Å². The Labute approximate surface area is 126 Å². The first-order valence-electron chi connectivity index (χ1n) is 7.05. The topological polar surface area (TPSA) is 30.7 Å².